The second kappa shape index (κ2) is 2.33. The minimum absolute atomic E-state index is 0.0760. The average molecular weight is 166 g/mol. The Labute approximate surface area is 72.1 Å². The van der Waals surface area contributed by atoms with E-state index in [2.05, 4.69) is 31.2 Å². The third-order valence-electron chi connectivity index (χ3n) is 2.14. The van der Waals surface area contributed by atoms with Gasteiger partial charge in [0.1, 0.15) is 11.5 Å². The van der Waals surface area contributed by atoms with Crippen molar-refractivity contribution in [2.24, 2.45) is 0 Å². The standard InChI is InChI=1S/C9H14N2O/c1-9(2,3)8-6-4-10-5-7(6)11-12-8/h10H,4-5H2,1-3H3. The molecule has 1 aliphatic rings. The summed E-state index contributed by atoms with van der Waals surface area (Å²) in [5, 5.41) is 7.28. The summed E-state index contributed by atoms with van der Waals surface area (Å²) < 4.78 is 5.31. The zero-order valence-corrected chi connectivity index (χ0v) is 7.77. The second-order valence-electron chi connectivity index (χ2n) is 4.29. The maximum absolute atomic E-state index is 5.31. The lowest BCUT2D eigenvalue weighted by molar-refractivity contribution is 0.319. The van der Waals surface area contributed by atoms with Gasteiger partial charge in [-0.05, 0) is 0 Å². The fourth-order valence-corrected chi connectivity index (χ4v) is 1.56. The Balaban J connectivity index is 2.46. The quantitative estimate of drug-likeness (QED) is 0.635. The molecule has 0 saturated heterocycles. The van der Waals surface area contributed by atoms with Crippen LogP contribution in [0.4, 0.5) is 0 Å². The molecule has 0 bridgehead atoms. The van der Waals surface area contributed by atoms with Crippen molar-refractivity contribution in [1.29, 1.82) is 0 Å². The lowest BCUT2D eigenvalue weighted by Gasteiger charge is -2.14. The Morgan fingerprint density at radius 2 is 2.08 bits per heavy atom. The van der Waals surface area contributed by atoms with Crippen LogP contribution in [-0.4, -0.2) is 5.16 Å². The number of hydrogen-bond donors (Lipinski definition) is 1. The molecule has 66 valence electrons. The Morgan fingerprint density at radius 1 is 1.33 bits per heavy atom. The minimum atomic E-state index is 0.0760. The molecule has 2 rings (SSSR count). The van der Waals surface area contributed by atoms with Gasteiger partial charge in [-0.15, -0.1) is 0 Å². The molecule has 1 aromatic rings. The molecule has 12 heavy (non-hydrogen) atoms. The van der Waals surface area contributed by atoms with Crippen LogP contribution in [0, 0.1) is 0 Å². The predicted octanol–water partition coefficient (Wildman–Crippen LogP) is 1.58. The Kier molecular flexibility index (Phi) is 1.51. The van der Waals surface area contributed by atoms with E-state index in [9.17, 15) is 0 Å². The van der Waals surface area contributed by atoms with Gasteiger partial charge < -0.3 is 9.84 Å². The molecule has 1 aliphatic heterocycles. The number of aromatic nitrogens is 1. The third kappa shape index (κ3) is 1.05. The lowest BCUT2D eigenvalue weighted by atomic mass is 9.90. The van der Waals surface area contributed by atoms with E-state index in [4.69, 9.17) is 4.52 Å². The van der Waals surface area contributed by atoms with Crippen LogP contribution in [0.15, 0.2) is 4.52 Å². The van der Waals surface area contributed by atoms with Gasteiger partial charge >= 0.3 is 0 Å². The summed E-state index contributed by atoms with van der Waals surface area (Å²) in [6.45, 7) is 8.20. The number of hydrogen-bond acceptors (Lipinski definition) is 3. The number of nitrogens with one attached hydrogen (secondary N) is 1. The van der Waals surface area contributed by atoms with Crippen LogP contribution in [0.3, 0.4) is 0 Å². The molecule has 2 heterocycles. The van der Waals surface area contributed by atoms with E-state index in [1.54, 1.807) is 0 Å². The molecule has 0 aliphatic carbocycles. The fourth-order valence-electron chi connectivity index (χ4n) is 1.56. The largest absolute Gasteiger partial charge is 0.360 e. The van der Waals surface area contributed by atoms with Gasteiger partial charge in [-0.1, -0.05) is 25.9 Å². The van der Waals surface area contributed by atoms with E-state index in [1.807, 2.05) is 0 Å². The normalized spacial score (nSPS) is 16.6. The summed E-state index contributed by atoms with van der Waals surface area (Å²) in [7, 11) is 0. The van der Waals surface area contributed by atoms with Gasteiger partial charge in [0.25, 0.3) is 0 Å². The lowest BCUT2D eigenvalue weighted by Crippen LogP contribution is -2.13. The summed E-state index contributed by atoms with van der Waals surface area (Å²) in [6.07, 6.45) is 0. The van der Waals surface area contributed by atoms with Crippen molar-refractivity contribution in [2.45, 2.75) is 39.3 Å². The van der Waals surface area contributed by atoms with Gasteiger partial charge in [0.15, 0.2) is 0 Å². The van der Waals surface area contributed by atoms with Crippen LogP contribution >= 0.6 is 0 Å². The maximum atomic E-state index is 5.31. The van der Waals surface area contributed by atoms with E-state index in [0.29, 0.717) is 0 Å². The monoisotopic (exact) mass is 166 g/mol. The highest BCUT2D eigenvalue weighted by molar-refractivity contribution is 5.30. The van der Waals surface area contributed by atoms with Crippen molar-refractivity contribution in [2.75, 3.05) is 0 Å². The Morgan fingerprint density at radius 3 is 2.75 bits per heavy atom. The molecule has 0 unspecified atom stereocenters. The summed E-state index contributed by atoms with van der Waals surface area (Å²) in [6, 6.07) is 0. The first-order valence-corrected chi connectivity index (χ1v) is 4.27. The zero-order chi connectivity index (χ0) is 8.77. The van der Waals surface area contributed by atoms with Gasteiger partial charge in [0.05, 0.1) is 0 Å². The van der Waals surface area contributed by atoms with Crippen molar-refractivity contribution < 1.29 is 4.52 Å². The SMILES string of the molecule is CC(C)(C)c1onc2c1CNC2. The number of fused-ring (bicyclic) bond motifs is 1. The Bertz CT molecular complexity index is 296. The number of nitrogens with zero attached hydrogens (tertiary/aromatic N) is 1. The molecule has 3 heteroatoms. The van der Waals surface area contributed by atoms with Gasteiger partial charge in [-0.25, -0.2) is 0 Å². The molecule has 3 nitrogen and oxygen atoms in total. The first-order valence-electron chi connectivity index (χ1n) is 4.27. The molecule has 0 atom stereocenters. The van der Waals surface area contributed by atoms with Crippen LogP contribution in [0.25, 0.3) is 0 Å². The molecule has 0 fully saturated rings. The van der Waals surface area contributed by atoms with Crippen LogP contribution in [0.2, 0.25) is 0 Å². The molecule has 1 N–H and O–H groups in total. The van der Waals surface area contributed by atoms with E-state index in [0.717, 1.165) is 24.5 Å². The Hall–Kier alpha value is -0.830. The van der Waals surface area contributed by atoms with E-state index < -0.39 is 0 Å². The first kappa shape index (κ1) is 7.80. The highest BCUT2D eigenvalue weighted by atomic mass is 16.5. The van der Waals surface area contributed by atoms with Crippen molar-refractivity contribution >= 4 is 0 Å². The van der Waals surface area contributed by atoms with E-state index in [-0.39, 0.29) is 5.41 Å². The molecule has 0 radical (unpaired) electrons. The third-order valence-corrected chi connectivity index (χ3v) is 2.14. The van der Waals surface area contributed by atoms with Crippen molar-refractivity contribution in [3.05, 3.63) is 17.0 Å². The summed E-state index contributed by atoms with van der Waals surface area (Å²) >= 11 is 0. The number of rotatable bonds is 0. The summed E-state index contributed by atoms with van der Waals surface area (Å²) in [5.41, 5.74) is 2.43. The van der Waals surface area contributed by atoms with Gasteiger partial charge in [0, 0.05) is 24.1 Å². The predicted molar refractivity (Wildman–Crippen MR) is 45.7 cm³/mol. The molecule has 0 aromatic carbocycles. The first-order chi connectivity index (χ1) is 5.59. The zero-order valence-electron chi connectivity index (χ0n) is 7.77. The molecule has 0 saturated carbocycles. The van der Waals surface area contributed by atoms with Crippen molar-refractivity contribution in [3.8, 4) is 0 Å². The highest BCUT2D eigenvalue weighted by Crippen LogP contribution is 2.29. The summed E-state index contributed by atoms with van der Waals surface area (Å²) in [5.74, 6) is 1.03. The van der Waals surface area contributed by atoms with Gasteiger partial charge in [-0.3, -0.25) is 0 Å². The van der Waals surface area contributed by atoms with Crippen LogP contribution < -0.4 is 5.32 Å². The van der Waals surface area contributed by atoms with Crippen molar-refractivity contribution in [1.82, 2.24) is 10.5 Å². The van der Waals surface area contributed by atoms with Crippen LogP contribution in [0.5, 0.6) is 0 Å². The fraction of sp³-hybridized carbons (Fsp3) is 0.667. The van der Waals surface area contributed by atoms with Gasteiger partial charge in [0.2, 0.25) is 0 Å². The van der Waals surface area contributed by atoms with E-state index in [1.165, 1.54) is 5.56 Å². The van der Waals surface area contributed by atoms with E-state index >= 15 is 0 Å². The molecule has 1 aromatic heterocycles. The average Bonchev–Trinajstić information content (AvgIpc) is 2.37. The highest BCUT2D eigenvalue weighted by Gasteiger charge is 2.28. The molecular weight excluding hydrogens is 152 g/mol. The molecule has 0 amide bonds. The van der Waals surface area contributed by atoms with Crippen LogP contribution in [0.1, 0.15) is 37.8 Å². The second-order valence-corrected chi connectivity index (χ2v) is 4.29. The van der Waals surface area contributed by atoms with Crippen LogP contribution in [-0.2, 0) is 18.5 Å². The van der Waals surface area contributed by atoms with Crippen molar-refractivity contribution in [3.63, 3.8) is 0 Å². The summed E-state index contributed by atoms with van der Waals surface area (Å²) in [4.78, 5) is 0. The van der Waals surface area contributed by atoms with Gasteiger partial charge in [-0.2, -0.15) is 0 Å². The topological polar surface area (TPSA) is 38.1 Å². The smallest absolute Gasteiger partial charge is 0.146 e. The molecule has 0 spiro atoms. The minimum Gasteiger partial charge on any atom is -0.360 e. The maximum Gasteiger partial charge on any atom is 0.146 e. The molecular formula is C9H14N2O.